The molecule has 3 heteroatoms. The summed E-state index contributed by atoms with van der Waals surface area (Å²) in [5, 5.41) is 0. The van der Waals surface area contributed by atoms with Crippen molar-refractivity contribution in [2.45, 2.75) is 38.8 Å². The van der Waals surface area contributed by atoms with Gasteiger partial charge in [0, 0.05) is 36.2 Å². The zero-order valence-corrected chi connectivity index (χ0v) is 9.86. The third-order valence-corrected chi connectivity index (χ3v) is 4.37. The molecule has 0 radical (unpaired) electrons. The number of nitrogens with zero attached hydrogens (tertiary/aromatic N) is 1. The van der Waals surface area contributed by atoms with Crippen LogP contribution >= 0.6 is 11.8 Å². The Morgan fingerprint density at radius 1 is 1.46 bits per heavy atom. The summed E-state index contributed by atoms with van der Waals surface area (Å²) >= 11 is 2.05. The highest BCUT2D eigenvalue weighted by Gasteiger charge is 2.34. The second kappa shape index (κ2) is 4.67. The fourth-order valence-electron chi connectivity index (χ4n) is 1.91. The molecule has 1 rings (SSSR count). The second-order valence-electron chi connectivity index (χ2n) is 4.10. The Labute approximate surface area is 86.2 Å². The highest BCUT2D eigenvalue weighted by molar-refractivity contribution is 7.99. The highest BCUT2D eigenvalue weighted by atomic mass is 32.2. The quantitative estimate of drug-likeness (QED) is 0.753. The fourth-order valence-corrected chi connectivity index (χ4v) is 2.81. The molecular formula is C10H22N2S. The van der Waals surface area contributed by atoms with Crippen molar-refractivity contribution in [2.75, 3.05) is 24.6 Å². The number of hydrogen-bond donors (Lipinski definition) is 1. The van der Waals surface area contributed by atoms with Crippen LogP contribution in [0.25, 0.3) is 0 Å². The average molecular weight is 202 g/mol. The van der Waals surface area contributed by atoms with Gasteiger partial charge < -0.3 is 5.73 Å². The Bertz CT molecular complexity index is 155. The lowest BCUT2D eigenvalue weighted by Gasteiger charge is -2.45. The SMILES string of the molecule is CCC(C)(C(C)N)N1CCSCC1. The van der Waals surface area contributed by atoms with Crippen LogP contribution in [-0.4, -0.2) is 41.1 Å². The molecule has 2 atom stereocenters. The van der Waals surface area contributed by atoms with Crippen molar-refractivity contribution < 1.29 is 0 Å². The first-order valence-electron chi connectivity index (χ1n) is 5.19. The Balaban J connectivity index is 2.62. The average Bonchev–Trinajstić information content (AvgIpc) is 2.17. The van der Waals surface area contributed by atoms with Crippen LogP contribution in [0.1, 0.15) is 27.2 Å². The molecule has 0 spiro atoms. The van der Waals surface area contributed by atoms with Gasteiger partial charge in [-0.05, 0) is 20.3 Å². The lowest BCUT2D eigenvalue weighted by atomic mass is 9.89. The molecule has 78 valence electrons. The van der Waals surface area contributed by atoms with Crippen LogP contribution in [-0.2, 0) is 0 Å². The molecule has 0 bridgehead atoms. The van der Waals surface area contributed by atoms with E-state index in [9.17, 15) is 0 Å². The second-order valence-corrected chi connectivity index (χ2v) is 5.32. The first kappa shape index (κ1) is 11.3. The van der Waals surface area contributed by atoms with Crippen LogP contribution in [0.3, 0.4) is 0 Å². The number of rotatable bonds is 3. The minimum absolute atomic E-state index is 0.209. The van der Waals surface area contributed by atoms with Crippen molar-refractivity contribution in [1.29, 1.82) is 0 Å². The highest BCUT2D eigenvalue weighted by Crippen LogP contribution is 2.25. The van der Waals surface area contributed by atoms with E-state index in [1.807, 2.05) is 0 Å². The van der Waals surface area contributed by atoms with Gasteiger partial charge >= 0.3 is 0 Å². The molecule has 0 amide bonds. The molecule has 2 nitrogen and oxygen atoms in total. The van der Waals surface area contributed by atoms with Gasteiger partial charge in [0.05, 0.1) is 0 Å². The van der Waals surface area contributed by atoms with E-state index in [1.165, 1.54) is 24.6 Å². The van der Waals surface area contributed by atoms with E-state index in [0.717, 1.165) is 6.42 Å². The number of hydrogen-bond acceptors (Lipinski definition) is 3. The predicted octanol–water partition coefficient (Wildman–Crippen LogP) is 1.55. The Morgan fingerprint density at radius 2 is 2.00 bits per heavy atom. The summed E-state index contributed by atoms with van der Waals surface area (Å²) in [4.78, 5) is 2.56. The van der Waals surface area contributed by atoms with Crippen molar-refractivity contribution in [3.8, 4) is 0 Å². The molecule has 1 aliphatic rings. The smallest absolute Gasteiger partial charge is 0.0327 e. The van der Waals surface area contributed by atoms with Gasteiger partial charge in [-0.1, -0.05) is 6.92 Å². The monoisotopic (exact) mass is 202 g/mol. The van der Waals surface area contributed by atoms with E-state index in [1.54, 1.807) is 0 Å². The van der Waals surface area contributed by atoms with Gasteiger partial charge in [-0.3, -0.25) is 4.90 Å². The fraction of sp³-hybridized carbons (Fsp3) is 1.00. The maximum absolute atomic E-state index is 6.06. The Kier molecular flexibility index (Phi) is 4.07. The van der Waals surface area contributed by atoms with Crippen molar-refractivity contribution >= 4 is 11.8 Å². The molecule has 2 N–H and O–H groups in total. The minimum Gasteiger partial charge on any atom is -0.326 e. The van der Waals surface area contributed by atoms with Gasteiger partial charge in [0.1, 0.15) is 0 Å². The Morgan fingerprint density at radius 3 is 2.38 bits per heavy atom. The van der Waals surface area contributed by atoms with Crippen LogP contribution in [0.2, 0.25) is 0 Å². The molecule has 0 saturated carbocycles. The molecule has 0 aromatic carbocycles. The normalized spacial score (nSPS) is 26.8. The van der Waals surface area contributed by atoms with E-state index in [-0.39, 0.29) is 11.6 Å². The summed E-state index contributed by atoms with van der Waals surface area (Å²) in [6.45, 7) is 9.08. The molecule has 1 heterocycles. The van der Waals surface area contributed by atoms with Crippen molar-refractivity contribution in [2.24, 2.45) is 5.73 Å². The van der Waals surface area contributed by atoms with E-state index in [0.29, 0.717) is 0 Å². The third-order valence-electron chi connectivity index (χ3n) is 3.43. The van der Waals surface area contributed by atoms with E-state index < -0.39 is 0 Å². The molecule has 1 fully saturated rings. The van der Waals surface area contributed by atoms with Crippen LogP contribution in [0, 0.1) is 0 Å². The summed E-state index contributed by atoms with van der Waals surface area (Å²) in [5.74, 6) is 2.53. The molecule has 13 heavy (non-hydrogen) atoms. The van der Waals surface area contributed by atoms with Crippen molar-refractivity contribution in [1.82, 2.24) is 4.90 Å². The standard InChI is InChI=1S/C10H22N2S/c1-4-10(3,9(2)11)12-5-7-13-8-6-12/h9H,4-8,11H2,1-3H3. The molecule has 0 aromatic heterocycles. The van der Waals surface area contributed by atoms with Gasteiger partial charge in [-0.2, -0.15) is 11.8 Å². The van der Waals surface area contributed by atoms with Crippen LogP contribution in [0.4, 0.5) is 0 Å². The summed E-state index contributed by atoms with van der Waals surface area (Å²) in [7, 11) is 0. The lowest BCUT2D eigenvalue weighted by molar-refractivity contribution is 0.0901. The first-order valence-corrected chi connectivity index (χ1v) is 6.35. The topological polar surface area (TPSA) is 29.3 Å². The summed E-state index contributed by atoms with van der Waals surface area (Å²) in [6.07, 6.45) is 1.15. The summed E-state index contributed by atoms with van der Waals surface area (Å²) < 4.78 is 0. The van der Waals surface area contributed by atoms with Gasteiger partial charge in [-0.25, -0.2) is 0 Å². The minimum atomic E-state index is 0.209. The molecule has 1 aliphatic heterocycles. The maximum atomic E-state index is 6.06. The van der Waals surface area contributed by atoms with Crippen LogP contribution in [0.5, 0.6) is 0 Å². The number of thioether (sulfide) groups is 1. The van der Waals surface area contributed by atoms with Crippen LogP contribution < -0.4 is 5.73 Å². The van der Waals surface area contributed by atoms with Gasteiger partial charge in [-0.15, -0.1) is 0 Å². The number of nitrogens with two attached hydrogens (primary N) is 1. The molecule has 1 saturated heterocycles. The van der Waals surface area contributed by atoms with E-state index in [4.69, 9.17) is 5.73 Å². The van der Waals surface area contributed by atoms with Crippen molar-refractivity contribution in [3.63, 3.8) is 0 Å². The maximum Gasteiger partial charge on any atom is 0.0327 e. The zero-order valence-electron chi connectivity index (χ0n) is 9.05. The Hall–Kier alpha value is 0.270. The van der Waals surface area contributed by atoms with E-state index >= 15 is 0 Å². The predicted molar refractivity (Wildman–Crippen MR) is 61.2 cm³/mol. The van der Waals surface area contributed by atoms with Crippen LogP contribution in [0.15, 0.2) is 0 Å². The summed E-state index contributed by atoms with van der Waals surface area (Å²) in [5.41, 5.74) is 6.27. The molecule has 0 aromatic rings. The first-order chi connectivity index (χ1) is 6.11. The third kappa shape index (κ3) is 2.39. The molecular weight excluding hydrogens is 180 g/mol. The zero-order chi connectivity index (χ0) is 9.90. The van der Waals surface area contributed by atoms with E-state index in [2.05, 4.69) is 37.4 Å². The largest absolute Gasteiger partial charge is 0.326 e. The molecule has 2 unspecified atom stereocenters. The van der Waals surface area contributed by atoms with Gasteiger partial charge in [0.2, 0.25) is 0 Å². The van der Waals surface area contributed by atoms with Gasteiger partial charge in [0.25, 0.3) is 0 Å². The van der Waals surface area contributed by atoms with Gasteiger partial charge in [0.15, 0.2) is 0 Å². The summed E-state index contributed by atoms with van der Waals surface area (Å²) in [6, 6.07) is 0.264. The molecule has 0 aliphatic carbocycles. The lowest BCUT2D eigenvalue weighted by Crippen LogP contribution is -2.58. The van der Waals surface area contributed by atoms with Crippen molar-refractivity contribution in [3.05, 3.63) is 0 Å².